The smallest absolute Gasteiger partial charge is 0.255 e. The summed E-state index contributed by atoms with van der Waals surface area (Å²) in [5.74, 6) is -0.517. The third-order valence-electron chi connectivity index (χ3n) is 3.15. The summed E-state index contributed by atoms with van der Waals surface area (Å²) in [4.78, 5) is 16.0. The van der Waals surface area contributed by atoms with E-state index in [-0.39, 0.29) is 11.3 Å². The highest BCUT2D eigenvalue weighted by Crippen LogP contribution is 2.25. The van der Waals surface area contributed by atoms with E-state index in [2.05, 4.69) is 10.3 Å². The van der Waals surface area contributed by atoms with Crippen molar-refractivity contribution in [3.63, 3.8) is 0 Å². The van der Waals surface area contributed by atoms with Crippen LogP contribution in [-0.2, 0) is 0 Å². The first-order valence-electron chi connectivity index (χ1n) is 7.07. The molecule has 0 saturated heterocycles. The zero-order chi connectivity index (χ0) is 16.9. The van der Waals surface area contributed by atoms with E-state index in [9.17, 15) is 9.18 Å². The minimum absolute atomic E-state index is 0.0471. The number of carbonyl (C=O) groups excluding carboxylic acids is 1. The molecule has 2 aromatic carbocycles. The summed E-state index contributed by atoms with van der Waals surface area (Å²) < 4.78 is 19.6. The molecule has 1 amide bonds. The molecule has 0 aliphatic carbocycles. The van der Waals surface area contributed by atoms with Crippen LogP contribution in [0.4, 0.5) is 10.1 Å². The zero-order valence-corrected chi connectivity index (χ0v) is 13.1. The number of para-hydroxylation sites is 1. The molecular weight excluding hydrogens is 331 g/mol. The van der Waals surface area contributed by atoms with Gasteiger partial charge in [0.2, 0.25) is 0 Å². The lowest BCUT2D eigenvalue weighted by molar-refractivity contribution is 0.102. The van der Waals surface area contributed by atoms with Crippen LogP contribution in [0, 0.1) is 5.82 Å². The van der Waals surface area contributed by atoms with Crippen molar-refractivity contribution >= 4 is 23.2 Å². The Hall–Kier alpha value is -2.92. The average Bonchev–Trinajstić information content (AvgIpc) is 2.59. The second-order valence-electron chi connectivity index (χ2n) is 4.88. The number of hydrogen-bond acceptors (Lipinski definition) is 3. The molecule has 1 aromatic heterocycles. The van der Waals surface area contributed by atoms with Crippen molar-refractivity contribution < 1.29 is 13.9 Å². The van der Waals surface area contributed by atoms with Crippen molar-refractivity contribution in [3.8, 4) is 11.5 Å². The van der Waals surface area contributed by atoms with Crippen molar-refractivity contribution in [1.29, 1.82) is 0 Å². The molecule has 0 spiro atoms. The van der Waals surface area contributed by atoms with E-state index in [1.54, 1.807) is 36.4 Å². The molecule has 1 heterocycles. The monoisotopic (exact) mass is 342 g/mol. The molecule has 0 aliphatic rings. The highest BCUT2D eigenvalue weighted by Gasteiger charge is 2.11. The van der Waals surface area contributed by atoms with Crippen molar-refractivity contribution in [2.24, 2.45) is 0 Å². The average molecular weight is 343 g/mol. The zero-order valence-electron chi connectivity index (χ0n) is 12.4. The molecule has 0 bridgehead atoms. The van der Waals surface area contributed by atoms with Crippen LogP contribution in [0.2, 0.25) is 5.15 Å². The number of rotatable bonds is 4. The number of hydrogen-bond donors (Lipinski definition) is 1. The van der Waals surface area contributed by atoms with Crippen LogP contribution in [0.5, 0.6) is 11.5 Å². The number of pyridine rings is 1. The second-order valence-corrected chi connectivity index (χ2v) is 5.27. The van der Waals surface area contributed by atoms with Gasteiger partial charge in [-0.25, -0.2) is 9.37 Å². The number of ether oxygens (including phenoxy) is 1. The number of amides is 1. The summed E-state index contributed by atoms with van der Waals surface area (Å²) in [5, 5.41) is 2.94. The SMILES string of the molecule is O=C(Nc1ccc(Cl)nc1)c1ccc(Oc2ccccc2)c(F)c1. The molecule has 0 saturated carbocycles. The van der Waals surface area contributed by atoms with E-state index in [1.165, 1.54) is 18.3 Å². The summed E-state index contributed by atoms with van der Waals surface area (Å²) in [5.41, 5.74) is 0.636. The van der Waals surface area contributed by atoms with Gasteiger partial charge < -0.3 is 10.1 Å². The van der Waals surface area contributed by atoms with Gasteiger partial charge in [0, 0.05) is 5.56 Å². The van der Waals surface area contributed by atoms with Crippen molar-refractivity contribution in [2.45, 2.75) is 0 Å². The minimum atomic E-state index is -0.624. The van der Waals surface area contributed by atoms with Crippen molar-refractivity contribution in [2.75, 3.05) is 5.32 Å². The predicted molar refractivity (Wildman–Crippen MR) is 90.1 cm³/mol. The van der Waals surface area contributed by atoms with Gasteiger partial charge in [0.05, 0.1) is 11.9 Å². The lowest BCUT2D eigenvalue weighted by Crippen LogP contribution is -2.12. The normalized spacial score (nSPS) is 10.2. The maximum Gasteiger partial charge on any atom is 0.255 e. The fourth-order valence-electron chi connectivity index (χ4n) is 1.99. The molecule has 1 N–H and O–H groups in total. The predicted octanol–water partition coefficient (Wildman–Crippen LogP) is 4.92. The lowest BCUT2D eigenvalue weighted by Gasteiger charge is -2.09. The fraction of sp³-hybridized carbons (Fsp3) is 0. The minimum Gasteiger partial charge on any atom is -0.454 e. The van der Waals surface area contributed by atoms with Gasteiger partial charge in [-0.15, -0.1) is 0 Å². The first-order chi connectivity index (χ1) is 11.6. The highest BCUT2D eigenvalue weighted by atomic mass is 35.5. The number of aromatic nitrogens is 1. The van der Waals surface area contributed by atoms with E-state index < -0.39 is 11.7 Å². The van der Waals surface area contributed by atoms with Gasteiger partial charge in [-0.05, 0) is 42.5 Å². The Bertz CT molecular complexity index is 855. The first-order valence-corrected chi connectivity index (χ1v) is 7.45. The molecule has 6 heteroatoms. The van der Waals surface area contributed by atoms with Gasteiger partial charge in [-0.2, -0.15) is 0 Å². The fourth-order valence-corrected chi connectivity index (χ4v) is 2.11. The third-order valence-corrected chi connectivity index (χ3v) is 3.37. The summed E-state index contributed by atoms with van der Waals surface area (Å²) in [6.45, 7) is 0. The summed E-state index contributed by atoms with van der Waals surface area (Å²) in [7, 11) is 0. The number of nitrogens with one attached hydrogen (secondary N) is 1. The van der Waals surface area contributed by atoms with Crippen LogP contribution in [0.25, 0.3) is 0 Å². The summed E-state index contributed by atoms with van der Waals surface area (Å²) in [6, 6.07) is 16.0. The van der Waals surface area contributed by atoms with E-state index in [4.69, 9.17) is 16.3 Å². The Morgan fingerprint density at radius 2 is 1.88 bits per heavy atom. The van der Waals surface area contributed by atoms with Gasteiger partial charge in [0.25, 0.3) is 5.91 Å². The topological polar surface area (TPSA) is 51.2 Å². The maximum atomic E-state index is 14.2. The van der Waals surface area contributed by atoms with Crippen LogP contribution >= 0.6 is 11.6 Å². The second kappa shape index (κ2) is 7.10. The molecule has 3 rings (SSSR count). The Morgan fingerprint density at radius 1 is 1.08 bits per heavy atom. The summed E-state index contributed by atoms with van der Waals surface area (Å²) in [6.07, 6.45) is 1.42. The van der Waals surface area contributed by atoms with Gasteiger partial charge in [0.1, 0.15) is 10.9 Å². The summed E-state index contributed by atoms with van der Waals surface area (Å²) >= 11 is 5.68. The van der Waals surface area contributed by atoms with Crippen LogP contribution < -0.4 is 10.1 Å². The van der Waals surface area contributed by atoms with Crippen LogP contribution in [-0.4, -0.2) is 10.9 Å². The van der Waals surface area contributed by atoms with Crippen LogP contribution in [0.1, 0.15) is 10.4 Å². The Balaban J connectivity index is 1.74. The molecule has 0 radical (unpaired) electrons. The van der Waals surface area contributed by atoms with Gasteiger partial charge >= 0.3 is 0 Å². The first kappa shape index (κ1) is 16.0. The van der Waals surface area contributed by atoms with Gasteiger partial charge in [-0.1, -0.05) is 29.8 Å². The quantitative estimate of drug-likeness (QED) is 0.685. The number of carbonyl (C=O) groups is 1. The highest BCUT2D eigenvalue weighted by molar-refractivity contribution is 6.29. The molecule has 0 unspecified atom stereocenters. The Kier molecular flexibility index (Phi) is 4.72. The molecule has 120 valence electrons. The molecule has 4 nitrogen and oxygen atoms in total. The standard InChI is InChI=1S/C18H12ClFN2O2/c19-17-9-7-13(11-21-17)22-18(23)12-6-8-16(15(20)10-12)24-14-4-2-1-3-5-14/h1-11H,(H,22,23). The lowest BCUT2D eigenvalue weighted by atomic mass is 10.2. The number of nitrogens with zero attached hydrogens (tertiary/aromatic N) is 1. The number of halogens is 2. The molecule has 0 atom stereocenters. The molecule has 0 aliphatic heterocycles. The molecule has 3 aromatic rings. The number of anilines is 1. The van der Waals surface area contributed by atoms with E-state index in [0.29, 0.717) is 16.6 Å². The Morgan fingerprint density at radius 3 is 2.54 bits per heavy atom. The van der Waals surface area contributed by atoms with Crippen LogP contribution in [0.15, 0.2) is 66.9 Å². The third kappa shape index (κ3) is 3.88. The van der Waals surface area contributed by atoms with Crippen LogP contribution in [0.3, 0.4) is 0 Å². The molecule has 0 fully saturated rings. The number of benzene rings is 2. The van der Waals surface area contributed by atoms with Gasteiger partial charge in [0.15, 0.2) is 11.6 Å². The van der Waals surface area contributed by atoms with E-state index >= 15 is 0 Å². The van der Waals surface area contributed by atoms with Gasteiger partial charge in [-0.3, -0.25) is 4.79 Å². The Labute approximate surface area is 142 Å². The largest absolute Gasteiger partial charge is 0.454 e. The molecular formula is C18H12ClFN2O2. The van der Waals surface area contributed by atoms with Crippen molar-refractivity contribution in [1.82, 2.24) is 4.98 Å². The van der Waals surface area contributed by atoms with E-state index in [1.807, 2.05) is 6.07 Å². The van der Waals surface area contributed by atoms with Crippen molar-refractivity contribution in [3.05, 3.63) is 83.4 Å². The maximum absolute atomic E-state index is 14.2. The van der Waals surface area contributed by atoms with E-state index in [0.717, 1.165) is 6.07 Å². The molecule has 24 heavy (non-hydrogen) atoms.